The smallest absolute Gasteiger partial charge is 0.234 e. The van der Waals surface area contributed by atoms with E-state index >= 15 is 0 Å². The lowest BCUT2D eigenvalue weighted by Gasteiger charge is -2.44. The van der Waals surface area contributed by atoms with Crippen LogP contribution in [0.5, 0.6) is 0 Å². The number of benzene rings is 1. The Morgan fingerprint density at radius 1 is 1.38 bits per heavy atom. The molecule has 1 aromatic carbocycles. The zero-order valence-electron chi connectivity index (χ0n) is 13.9. The van der Waals surface area contributed by atoms with E-state index in [9.17, 15) is 4.79 Å². The van der Waals surface area contributed by atoms with Gasteiger partial charge in [-0.25, -0.2) is 0 Å². The van der Waals surface area contributed by atoms with Crippen molar-refractivity contribution in [2.45, 2.75) is 25.8 Å². The van der Waals surface area contributed by atoms with Gasteiger partial charge < -0.3 is 5.32 Å². The summed E-state index contributed by atoms with van der Waals surface area (Å²) in [7, 11) is 1.65. The van der Waals surface area contributed by atoms with Crippen LogP contribution in [0.3, 0.4) is 0 Å². The fraction of sp³-hybridized carbons (Fsp3) is 0.333. The Kier molecular flexibility index (Phi) is 4.53. The van der Waals surface area contributed by atoms with Gasteiger partial charge in [0.1, 0.15) is 0 Å². The second-order valence-corrected chi connectivity index (χ2v) is 8.07. The number of amides is 1. The molecule has 1 aromatic heterocycles. The molecule has 126 valence electrons. The molecule has 0 saturated carbocycles. The highest BCUT2D eigenvalue weighted by Crippen LogP contribution is 2.40. The average molecular weight is 406 g/mol. The monoisotopic (exact) mass is 405 g/mol. The zero-order valence-corrected chi connectivity index (χ0v) is 16.3. The number of halogens is 1. The average Bonchev–Trinajstić information content (AvgIpc) is 3.04. The summed E-state index contributed by atoms with van der Waals surface area (Å²) < 4.78 is 1.04. The number of nitrogens with zero attached hydrogens (tertiary/aromatic N) is 1. The highest BCUT2D eigenvalue weighted by Gasteiger charge is 2.47. The molecule has 1 amide bonds. The molecule has 0 bridgehead atoms. The lowest BCUT2D eigenvalue weighted by Crippen LogP contribution is -2.63. The van der Waals surface area contributed by atoms with Crippen molar-refractivity contribution in [2.75, 3.05) is 7.05 Å². The molecule has 0 spiro atoms. The Bertz CT molecular complexity index is 803. The summed E-state index contributed by atoms with van der Waals surface area (Å²) in [5.74, 6) is -0.0311. The number of hydrogen-bond donors (Lipinski definition) is 2. The van der Waals surface area contributed by atoms with Gasteiger partial charge in [-0.15, -0.1) is 11.3 Å². The van der Waals surface area contributed by atoms with Gasteiger partial charge in [0.25, 0.3) is 0 Å². The molecule has 1 aliphatic heterocycles. The fourth-order valence-electron chi connectivity index (χ4n) is 3.25. The van der Waals surface area contributed by atoms with E-state index in [2.05, 4.69) is 44.8 Å². The van der Waals surface area contributed by atoms with Gasteiger partial charge in [0.15, 0.2) is 5.96 Å². The third-order valence-electron chi connectivity index (χ3n) is 4.72. The summed E-state index contributed by atoms with van der Waals surface area (Å²) in [4.78, 5) is 15.1. The lowest BCUT2D eigenvalue weighted by molar-refractivity contribution is -0.135. The molecule has 2 N–H and O–H groups in total. The molecule has 0 aliphatic carbocycles. The molecule has 1 aliphatic rings. The van der Waals surface area contributed by atoms with Crippen LogP contribution >= 0.6 is 27.3 Å². The molecule has 4 nitrogen and oxygen atoms in total. The Labute approximate surface area is 154 Å². The molecular formula is C18H20BrN3OS. The van der Waals surface area contributed by atoms with E-state index in [1.807, 2.05) is 26.0 Å². The van der Waals surface area contributed by atoms with Crippen LogP contribution in [0.2, 0.25) is 0 Å². The van der Waals surface area contributed by atoms with Crippen molar-refractivity contribution >= 4 is 39.1 Å². The van der Waals surface area contributed by atoms with E-state index in [0.717, 1.165) is 26.9 Å². The Balaban J connectivity index is 2.01. The molecule has 1 fully saturated rings. The van der Waals surface area contributed by atoms with Gasteiger partial charge >= 0.3 is 0 Å². The van der Waals surface area contributed by atoms with Crippen molar-refractivity contribution in [3.8, 4) is 11.1 Å². The molecule has 6 heteroatoms. The second-order valence-electron chi connectivity index (χ2n) is 6.24. The topological polar surface area (TPSA) is 56.2 Å². The first-order chi connectivity index (χ1) is 11.4. The van der Waals surface area contributed by atoms with E-state index < -0.39 is 5.54 Å². The van der Waals surface area contributed by atoms with E-state index in [1.54, 1.807) is 18.4 Å². The first kappa shape index (κ1) is 17.2. The zero-order chi connectivity index (χ0) is 17.5. The van der Waals surface area contributed by atoms with Crippen LogP contribution in [-0.4, -0.2) is 23.8 Å². The number of nitrogens with one attached hydrogen (secondary N) is 2. The molecule has 1 unspecified atom stereocenters. The molecule has 1 saturated heterocycles. The van der Waals surface area contributed by atoms with Crippen molar-refractivity contribution in [2.24, 2.45) is 5.92 Å². The first-order valence-electron chi connectivity index (χ1n) is 7.86. The third-order valence-corrected chi connectivity index (χ3v) is 6.38. The van der Waals surface area contributed by atoms with Crippen LogP contribution in [0.1, 0.15) is 25.1 Å². The minimum absolute atomic E-state index is 0.00107. The second kappa shape index (κ2) is 6.33. The highest BCUT2D eigenvalue weighted by molar-refractivity contribution is 9.10. The summed E-state index contributed by atoms with van der Waals surface area (Å²) >= 11 is 5.14. The number of carbonyl (C=O) groups is 1. The maximum absolute atomic E-state index is 12.6. The Hall–Kier alpha value is -1.66. The summed E-state index contributed by atoms with van der Waals surface area (Å²) in [6.45, 7) is 4.05. The van der Waals surface area contributed by atoms with Gasteiger partial charge in [-0.05, 0) is 48.1 Å². The molecule has 2 heterocycles. The quantitative estimate of drug-likeness (QED) is 0.793. The summed E-state index contributed by atoms with van der Waals surface area (Å²) in [6.07, 6.45) is 0.726. The molecule has 2 aromatic rings. The number of hydrogen-bond acceptors (Lipinski definition) is 3. The van der Waals surface area contributed by atoms with Gasteiger partial charge in [-0.2, -0.15) is 0 Å². The van der Waals surface area contributed by atoms with Crippen LogP contribution in [0.15, 0.2) is 40.2 Å². The molecular weight excluding hydrogens is 386 g/mol. The molecule has 0 radical (unpaired) electrons. The van der Waals surface area contributed by atoms with E-state index in [-0.39, 0.29) is 17.8 Å². The van der Waals surface area contributed by atoms with Crippen LogP contribution in [0.4, 0.5) is 0 Å². The lowest BCUT2D eigenvalue weighted by atomic mass is 9.79. The van der Waals surface area contributed by atoms with Crippen molar-refractivity contribution < 1.29 is 4.79 Å². The van der Waals surface area contributed by atoms with Crippen LogP contribution < -0.4 is 5.32 Å². The predicted octanol–water partition coefficient (Wildman–Crippen LogP) is 4.42. The Morgan fingerprint density at radius 3 is 2.79 bits per heavy atom. The molecule has 3 rings (SSSR count). The summed E-state index contributed by atoms with van der Waals surface area (Å²) in [6, 6.07) is 10.3. The summed E-state index contributed by atoms with van der Waals surface area (Å²) in [5, 5.41) is 13.5. The van der Waals surface area contributed by atoms with Crippen LogP contribution in [0, 0.1) is 11.3 Å². The van der Waals surface area contributed by atoms with Crippen molar-refractivity contribution in [1.29, 1.82) is 5.41 Å². The SMILES string of the molecule is CCC1C(=O)N(C)C(=N)N[C@]1(C)c1cc(-c2cccc(Br)c2)cs1. The number of guanidine groups is 1. The van der Waals surface area contributed by atoms with Gasteiger partial charge in [-0.1, -0.05) is 35.0 Å². The summed E-state index contributed by atoms with van der Waals surface area (Å²) in [5.41, 5.74) is 1.72. The number of rotatable bonds is 3. The maximum atomic E-state index is 12.6. The van der Waals surface area contributed by atoms with Crippen molar-refractivity contribution in [3.63, 3.8) is 0 Å². The standard InChI is InChI=1S/C18H20BrN3OS/c1-4-14-16(23)22(3)17(20)21-18(14,2)15-9-12(10-24-15)11-6-5-7-13(19)8-11/h5-10,14H,4H2,1-3H3,(H2,20,21)/t14?,18-/m0/s1. The van der Waals surface area contributed by atoms with E-state index in [4.69, 9.17) is 5.41 Å². The van der Waals surface area contributed by atoms with Gasteiger partial charge in [0, 0.05) is 16.4 Å². The van der Waals surface area contributed by atoms with Gasteiger partial charge in [0.2, 0.25) is 5.91 Å². The molecule has 2 atom stereocenters. The van der Waals surface area contributed by atoms with Crippen molar-refractivity contribution in [3.05, 3.63) is 45.1 Å². The van der Waals surface area contributed by atoms with Gasteiger partial charge in [0.05, 0.1) is 11.5 Å². The highest BCUT2D eigenvalue weighted by atomic mass is 79.9. The third kappa shape index (κ3) is 2.78. The van der Waals surface area contributed by atoms with Crippen LogP contribution in [0.25, 0.3) is 11.1 Å². The maximum Gasteiger partial charge on any atom is 0.234 e. The van der Waals surface area contributed by atoms with E-state index in [1.165, 1.54) is 4.90 Å². The largest absolute Gasteiger partial charge is 0.345 e. The van der Waals surface area contributed by atoms with E-state index in [0.29, 0.717) is 0 Å². The molecule has 24 heavy (non-hydrogen) atoms. The van der Waals surface area contributed by atoms with Crippen molar-refractivity contribution in [1.82, 2.24) is 10.2 Å². The normalized spacial score (nSPS) is 24.2. The van der Waals surface area contributed by atoms with Crippen LogP contribution in [-0.2, 0) is 10.3 Å². The Morgan fingerprint density at radius 2 is 2.12 bits per heavy atom. The predicted molar refractivity (Wildman–Crippen MR) is 102 cm³/mol. The first-order valence-corrected chi connectivity index (χ1v) is 9.53. The minimum Gasteiger partial charge on any atom is -0.345 e. The number of thiophene rings is 1. The van der Waals surface area contributed by atoms with Gasteiger partial charge in [-0.3, -0.25) is 15.1 Å². The fourth-order valence-corrected chi connectivity index (χ4v) is 4.74. The minimum atomic E-state index is -0.551. The number of carbonyl (C=O) groups excluding carboxylic acids is 1.